The summed E-state index contributed by atoms with van der Waals surface area (Å²) in [7, 11) is 0. The Hall–Kier alpha value is 0.01000. The van der Waals surface area contributed by atoms with Crippen molar-refractivity contribution in [2.45, 2.75) is 116 Å². The lowest BCUT2D eigenvalue weighted by atomic mass is 10.0. The van der Waals surface area contributed by atoms with Gasteiger partial charge in [-0.15, -0.1) is 11.6 Å². The molecule has 0 rings (SSSR count). The van der Waals surface area contributed by atoms with Crippen LogP contribution in [-0.4, -0.2) is 98.4 Å². The van der Waals surface area contributed by atoms with Crippen molar-refractivity contribution in [3.63, 3.8) is 0 Å². The van der Waals surface area contributed by atoms with Crippen molar-refractivity contribution in [1.82, 2.24) is 0 Å². The predicted octanol–water partition coefficient (Wildman–Crippen LogP) is 7.99. The highest BCUT2D eigenvalue weighted by Gasteiger charge is 1.97. The standard InChI is InChI=1S/C33H67ClO7/c1-2-3-4-5-6-7-8-9-10-11-12-14-17-20-35-22-24-37-26-28-39-30-32-41-33-31-40-29-27-38-25-23-36-21-18-15-13-16-19-34/h2-33H2,1H3. The second-order valence-electron chi connectivity index (χ2n) is 10.6. The van der Waals surface area contributed by atoms with E-state index in [0.29, 0.717) is 79.3 Å². The molecule has 0 aliphatic heterocycles. The Balaban J connectivity index is 3.02. The number of hydrogen-bond acceptors (Lipinski definition) is 7. The Kier molecular flexibility index (Phi) is 40.0. The Morgan fingerprint density at radius 3 is 0.756 bits per heavy atom. The molecule has 0 fully saturated rings. The molecule has 248 valence electrons. The third kappa shape index (κ3) is 40.0. The SMILES string of the molecule is CCCCCCCCCCCCCCCOCCOCCOCCOCCOCCOCCOCCCCCCCl. The summed E-state index contributed by atoms with van der Waals surface area (Å²) < 4.78 is 38.8. The van der Waals surface area contributed by atoms with Crippen molar-refractivity contribution >= 4 is 11.6 Å². The summed E-state index contributed by atoms with van der Waals surface area (Å²) in [4.78, 5) is 0. The molecule has 0 aliphatic carbocycles. The molecule has 0 atom stereocenters. The monoisotopic (exact) mass is 610 g/mol. The van der Waals surface area contributed by atoms with Crippen LogP contribution in [0, 0.1) is 0 Å². The van der Waals surface area contributed by atoms with Crippen molar-refractivity contribution in [3.05, 3.63) is 0 Å². The van der Waals surface area contributed by atoms with E-state index in [2.05, 4.69) is 6.92 Å². The van der Waals surface area contributed by atoms with Crippen LogP contribution in [0.5, 0.6) is 0 Å². The molecule has 8 heteroatoms. The molecule has 0 aliphatic rings. The van der Waals surface area contributed by atoms with Crippen LogP contribution >= 0.6 is 11.6 Å². The lowest BCUT2D eigenvalue weighted by molar-refractivity contribution is -0.0206. The zero-order valence-electron chi connectivity index (χ0n) is 26.9. The van der Waals surface area contributed by atoms with Gasteiger partial charge in [-0.3, -0.25) is 0 Å². The molecule has 0 aromatic heterocycles. The zero-order valence-corrected chi connectivity index (χ0v) is 27.6. The molecule has 0 unspecified atom stereocenters. The van der Waals surface area contributed by atoms with Crippen molar-refractivity contribution in [2.75, 3.05) is 98.4 Å². The zero-order chi connectivity index (χ0) is 29.6. The highest BCUT2D eigenvalue weighted by Crippen LogP contribution is 2.12. The predicted molar refractivity (Wildman–Crippen MR) is 171 cm³/mol. The molecule has 0 aromatic carbocycles. The maximum absolute atomic E-state index is 5.67. The lowest BCUT2D eigenvalue weighted by Gasteiger charge is -2.08. The molecule has 7 nitrogen and oxygen atoms in total. The first kappa shape index (κ1) is 41.0. The van der Waals surface area contributed by atoms with E-state index in [1.54, 1.807) is 0 Å². The van der Waals surface area contributed by atoms with Crippen LogP contribution < -0.4 is 0 Å². The summed E-state index contributed by atoms with van der Waals surface area (Å²) in [6, 6.07) is 0. The lowest BCUT2D eigenvalue weighted by Crippen LogP contribution is -2.14. The normalized spacial score (nSPS) is 11.6. The van der Waals surface area contributed by atoms with Gasteiger partial charge in [0.1, 0.15) is 0 Å². The molecule has 0 saturated carbocycles. The van der Waals surface area contributed by atoms with Gasteiger partial charge < -0.3 is 33.2 Å². The Morgan fingerprint density at radius 1 is 0.268 bits per heavy atom. The van der Waals surface area contributed by atoms with Crippen molar-refractivity contribution in [2.24, 2.45) is 0 Å². The number of ether oxygens (including phenoxy) is 7. The van der Waals surface area contributed by atoms with E-state index in [9.17, 15) is 0 Å². The van der Waals surface area contributed by atoms with Gasteiger partial charge in [0, 0.05) is 19.1 Å². The van der Waals surface area contributed by atoms with Gasteiger partial charge in [-0.1, -0.05) is 96.8 Å². The summed E-state index contributed by atoms with van der Waals surface area (Å²) in [5.74, 6) is 0.754. The Labute approximate surface area is 259 Å². The first-order valence-electron chi connectivity index (χ1n) is 17.0. The van der Waals surface area contributed by atoms with E-state index in [1.807, 2.05) is 0 Å². The number of hydrogen-bond donors (Lipinski definition) is 0. The van der Waals surface area contributed by atoms with E-state index < -0.39 is 0 Å². The van der Waals surface area contributed by atoms with Gasteiger partial charge in [-0.05, 0) is 19.3 Å². The average molecular weight is 611 g/mol. The third-order valence-corrected chi connectivity index (χ3v) is 7.06. The van der Waals surface area contributed by atoms with Crippen LogP contribution in [0.4, 0.5) is 0 Å². The Morgan fingerprint density at radius 2 is 0.488 bits per heavy atom. The molecule has 0 saturated heterocycles. The van der Waals surface area contributed by atoms with Crippen LogP contribution in [0.25, 0.3) is 0 Å². The minimum atomic E-state index is 0.559. The van der Waals surface area contributed by atoms with Gasteiger partial charge in [-0.25, -0.2) is 0 Å². The number of alkyl halides is 1. The average Bonchev–Trinajstić information content (AvgIpc) is 2.98. The van der Waals surface area contributed by atoms with Crippen molar-refractivity contribution in [1.29, 1.82) is 0 Å². The van der Waals surface area contributed by atoms with Crippen LogP contribution in [-0.2, 0) is 33.2 Å². The minimum absolute atomic E-state index is 0.559. The smallest absolute Gasteiger partial charge is 0.0701 e. The van der Waals surface area contributed by atoms with Gasteiger partial charge >= 0.3 is 0 Å². The molecular weight excluding hydrogens is 544 g/mol. The maximum Gasteiger partial charge on any atom is 0.0701 e. The highest BCUT2D eigenvalue weighted by atomic mass is 35.5. The number of halogens is 1. The topological polar surface area (TPSA) is 64.6 Å². The second-order valence-corrected chi connectivity index (χ2v) is 11.0. The molecule has 0 heterocycles. The van der Waals surface area contributed by atoms with E-state index >= 15 is 0 Å². The quantitative estimate of drug-likeness (QED) is 0.0518. The summed E-state index contributed by atoms with van der Waals surface area (Å²) in [6.45, 7) is 11.0. The molecule has 0 N–H and O–H groups in total. The second kappa shape index (κ2) is 40.0. The fraction of sp³-hybridized carbons (Fsp3) is 1.00. The minimum Gasteiger partial charge on any atom is -0.379 e. The number of rotatable bonds is 38. The molecule has 0 radical (unpaired) electrons. The van der Waals surface area contributed by atoms with Gasteiger partial charge in [0.15, 0.2) is 0 Å². The molecule has 0 spiro atoms. The summed E-state index contributed by atoms with van der Waals surface area (Å²) in [6.07, 6.45) is 22.4. The fourth-order valence-corrected chi connectivity index (χ4v) is 4.48. The van der Waals surface area contributed by atoms with Crippen LogP contribution in [0.3, 0.4) is 0 Å². The largest absolute Gasteiger partial charge is 0.379 e. The van der Waals surface area contributed by atoms with E-state index in [4.69, 9.17) is 44.8 Å². The first-order valence-corrected chi connectivity index (χ1v) is 17.6. The van der Waals surface area contributed by atoms with Gasteiger partial charge in [0.2, 0.25) is 0 Å². The van der Waals surface area contributed by atoms with Crippen LogP contribution in [0.2, 0.25) is 0 Å². The third-order valence-electron chi connectivity index (χ3n) is 6.80. The van der Waals surface area contributed by atoms with Gasteiger partial charge in [0.05, 0.1) is 79.3 Å². The van der Waals surface area contributed by atoms with Crippen molar-refractivity contribution < 1.29 is 33.2 Å². The summed E-state index contributed by atoms with van der Waals surface area (Å²) >= 11 is 5.66. The molecule has 0 bridgehead atoms. The first-order chi connectivity index (χ1) is 20.4. The molecular formula is C33H67ClO7. The van der Waals surface area contributed by atoms with Gasteiger partial charge in [-0.2, -0.15) is 0 Å². The van der Waals surface area contributed by atoms with Gasteiger partial charge in [0.25, 0.3) is 0 Å². The van der Waals surface area contributed by atoms with E-state index in [1.165, 1.54) is 89.9 Å². The maximum atomic E-state index is 5.67. The van der Waals surface area contributed by atoms with Crippen LogP contribution in [0.15, 0.2) is 0 Å². The van der Waals surface area contributed by atoms with Crippen molar-refractivity contribution in [3.8, 4) is 0 Å². The number of unbranched alkanes of at least 4 members (excludes halogenated alkanes) is 15. The van der Waals surface area contributed by atoms with E-state index in [-0.39, 0.29) is 0 Å². The highest BCUT2D eigenvalue weighted by molar-refractivity contribution is 6.17. The summed E-state index contributed by atoms with van der Waals surface area (Å²) in [5.41, 5.74) is 0. The molecule has 0 amide bonds. The summed E-state index contributed by atoms with van der Waals surface area (Å²) in [5, 5.41) is 0. The molecule has 41 heavy (non-hydrogen) atoms. The molecule has 0 aromatic rings. The van der Waals surface area contributed by atoms with E-state index in [0.717, 1.165) is 38.4 Å². The Bertz CT molecular complexity index is 408. The fourth-order valence-electron chi connectivity index (χ4n) is 4.30. The van der Waals surface area contributed by atoms with Crippen LogP contribution in [0.1, 0.15) is 116 Å².